The van der Waals surface area contributed by atoms with Gasteiger partial charge < -0.3 is 20.3 Å². The average Bonchev–Trinajstić information content (AvgIpc) is 3.21. The van der Waals surface area contributed by atoms with E-state index in [-0.39, 0.29) is 36.4 Å². The zero-order valence-electron chi connectivity index (χ0n) is 17.4. The number of likely N-dealkylation sites (tertiary alicyclic amines) is 1. The summed E-state index contributed by atoms with van der Waals surface area (Å²) in [5.74, 6) is 1.15. The highest BCUT2D eigenvalue weighted by Crippen LogP contribution is 2.17. The summed E-state index contributed by atoms with van der Waals surface area (Å²) in [7, 11) is 0. The zero-order valence-corrected chi connectivity index (χ0v) is 19.8. The van der Waals surface area contributed by atoms with Gasteiger partial charge in [0.15, 0.2) is 5.96 Å². The molecule has 0 aromatic heterocycles. The summed E-state index contributed by atoms with van der Waals surface area (Å²) >= 11 is 0. The molecule has 1 fully saturated rings. The molecule has 7 heteroatoms. The molecule has 0 bridgehead atoms. The van der Waals surface area contributed by atoms with Crippen LogP contribution in [0.25, 0.3) is 0 Å². The lowest BCUT2D eigenvalue weighted by Crippen LogP contribution is -2.40. The zero-order chi connectivity index (χ0) is 20.3. The fourth-order valence-corrected chi connectivity index (χ4v) is 3.37. The second-order valence-electron chi connectivity index (χ2n) is 7.19. The Morgan fingerprint density at radius 1 is 1.13 bits per heavy atom. The fourth-order valence-electron chi connectivity index (χ4n) is 3.37. The van der Waals surface area contributed by atoms with Crippen molar-refractivity contribution in [3.63, 3.8) is 0 Å². The van der Waals surface area contributed by atoms with Crippen molar-refractivity contribution in [1.29, 1.82) is 0 Å². The number of aliphatic imine (C=N–C) groups is 1. The van der Waals surface area contributed by atoms with E-state index in [1.54, 1.807) is 0 Å². The van der Waals surface area contributed by atoms with E-state index < -0.39 is 0 Å². The van der Waals surface area contributed by atoms with Gasteiger partial charge in [0.2, 0.25) is 5.91 Å². The van der Waals surface area contributed by atoms with Crippen molar-refractivity contribution in [2.75, 3.05) is 38.1 Å². The lowest BCUT2D eigenvalue weighted by Gasteiger charge is -2.21. The number of nitrogens with one attached hydrogen (secondary N) is 2. The van der Waals surface area contributed by atoms with Crippen molar-refractivity contribution >= 4 is 41.5 Å². The summed E-state index contributed by atoms with van der Waals surface area (Å²) in [6, 6.07) is 19.7. The van der Waals surface area contributed by atoms with E-state index in [2.05, 4.69) is 32.7 Å². The Balaban J connectivity index is 0.00000320. The molecule has 1 aliphatic heterocycles. The number of ether oxygens (including phenoxy) is 1. The molecule has 1 heterocycles. The van der Waals surface area contributed by atoms with Gasteiger partial charge in [-0.2, -0.15) is 0 Å². The summed E-state index contributed by atoms with van der Waals surface area (Å²) in [6.07, 6.45) is 1.06. The number of halogens is 1. The summed E-state index contributed by atoms with van der Waals surface area (Å²) in [5.41, 5.74) is 1.98. The van der Waals surface area contributed by atoms with Crippen LogP contribution >= 0.6 is 24.0 Å². The molecule has 1 aliphatic rings. The van der Waals surface area contributed by atoms with Crippen LogP contribution in [0.15, 0.2) is 65.7 Å². The molecule has 0 saturated carbocycles. The number of para-hydroxylation sites is 1. The van der Waals surface area contributed by atoms with Crippen LogP contribution in [-0.2, 0) is 16.1 Å². The largest absolute Gasteiger partial charge is 0.376 e. The van der Waals surface area contributed by atoms with E-state index >= 15 is 0 Å². The van der Waals surface area contributed by atoms with Crippen molar-refractivity contribution in [2.24, 2.45) is 10.9 Å². The Morgan fingerprint density at radius 2 is 1.83 bits per heavy atom. The number of rotatable bonds is 8. The van der Waals surface area contributed by atoms with Crippen LogP contribution < -0.4 is 10.6 Å². The topological polar surface area (TPSA) is 66.0 Å². The number of guanidine groups is 1. The molecular weight excluding hydrogens is 491 g/mol. The minimum atomic E-state index is -0.117. The van der Waals surface area contributed by atoms with Crippen molar-refractivity contribution in [3.8, 4) is 0 Å². The normalized spacial score (nSPS) is 16.1. The first kappa shape index (κ1) is 24.1. The van der Waals surface area contributed by atoms with Gasteiger partial charge in [0, 0.05) is 31.2 Å². The first-order valence-corrected chi connectivity index (χ1v) is 10.2. The van der Waals surface area contributed by atoms with Crippen LogP contribution in [0, 0.1) is 5.92 Å². The molecule has 1 amide bonds. The van der Waals surface area contributed by atoms with Crippen molar-refractivity contribution in [3.05, 3.63) is 66.2 Å². The van der Waals surface area contributed by atoms with Crippen molar-refractivity contribution in [2.45, 2.75) is 20.0 Å². The van der Waals surface area contributed by atoms with E-state index in [1.165, 1.54) is 5.56 Å². The van der Waals surface area contributed by atoms with E-state index in [9.17, 15) is 4.79 Å². The predicted molar refractivity (Wildman–Crippen MR) is 132 cm³/mol. The number of carbonyl (C=O) groups is 1. The van der Waals surface area contributed by atoms with Gasteiger partial charge in [-0.1, -0.05) is 48.5 Å². The molecule has 0 spiro atoms. The SMILES string of the molecule is CCNC(=NCC(=O)Nc1ccccc1)N1CCC(COCc2ccccc2)C1.I. The van der Waals surface area contributed by atoms with Crippen LogP contribution in [0.5, 0.6) is 0 Å². The molecule has 1 atom stereocenters. The third-order valence-electron chi connectivity index (χ3n) is 4.82. The highest BCUT2D eigenvalue weighted by atomic mass is 127. The van der Waals surface area contributed by atoms with Gasteiger partial charge in [-0.05, 0) is 31.0 Å². The van der Waals surface area contributed by atoms with Gasteiger partial charge in [0.25, 0.3) is 0 Å². The second kappa shape index (κ2) is 13.2. The van der Waals surface area contributed by atoms with Gasteiger partial charge in [0.1, 0.15) is 6.54 Å². The number of benzene rings is 2. The molecule has 2 aromatic rings. The number of anilines is 1. The summed E-state index contributed by atoms with van der Waals surface area (Å²) in [6.45, 7) is 6.10. The van der Waals surface area contributed by atoms with Crippen LogP contribution in [0.4, 0.5) is 5.69 Å². The molecule has 162 valence electrons. The molecule has 2 aromatic carbocycles. The van der Waals surface area contributed by atoms with Crippen LogP contribution in [0.1, 0.15) is 18.9 Å². The minimum absolute atomic E-state index is 0. The first-order valence-electron chi connectivity index (χ1n) is 10.2. The molecule has 2 N–H and O–H groups in total. The maximum absolute atomic E-state index is 12.2. The van der Waals surface area contributed by atoms with E-state index in [1.807, 2.05) is 55.5 Å². The third-order valence-corrected chi connectivity index (χ3v) is 4.82. The highest BCUT2D eigenvalue weighted by Gasteiger charge is 2.25. The summed E-state index contributed by atoms with van der Waals surface area (Å²) in [4.78, 5) is 18.9. The quantitative estimate of drug-likeness (QED) is 0.315. The average molecular weight is 522 g/mol. The number of hydrogen-bond donors (Lipinski definition) is 2. The fraction of sp³-hybridized carbons (Fsp3) is 0.391. The van der Waals surface area contributed by atoms with Crippen LogP contribution in [0.2, 0.25) is 0 Å². The molecule has 0 radical (unpaired) electrons. The molecule has 30 heavy (non-hydrogen) atoms. The van der Waals surface area contributed by atoms with Gasteiger partial charge in [-0.25, -0.2) is 4.99 Å². The first-order chi connectivity index (χ1) is 14.2. The number of nitrogens with zero attached hydrogens (tertiary/aromatic N) is 2. The third kappa shape index (κ3) is 7.95. The van der Waals surface area contributed by atoms with Crippen molar-refractivity contribution in [1.82, 2.24) is 10.2 Å². The molecule has 3 rings (SSSR count). The van der Waals surface area contributed by atoms with Crippen LogP contribution in [0.3, 0.4) is 0 Å². The highest BCUT2D eigenvalue weighted by molar-refractivity contribution is 14.0. The Bertz CT molecular complexity index is 786. The Morgan fingerprint density at radius 3 is 2.53 bits per heavy atom. The number of amides is 1. The molecule has 1 saturated heterocycles. The molecule has 6 nitrogen and oxygen atoms in total. The molecular formula is C23H31IN4O2. The number of hydrogen-bond acceptors (Lipinski definition) is 3. The standard InChI is InChI=1S/C23H30N4O2.HI/c1-2-24-23(25-15-22(28)26-21-11-7-4-8-12-21)27-14-13-20(16-27)18-29-17-19-9-5-3-6-10-19;/h3-12,20H,2,13-18H2,1H3,(H,24,25)(H,26,28);1H. The molecule has 1 unspecified atom stereocenters. The van der Waals surface area contributed by atoms with E-state index in [0.29, 0.717) is 12.5 Å². The predicted octanol–water partition coefficient (Wildman–Crippen LogP) is 3.75. The minimum Gasteiger partial charge on any atom is -0.376 e. The Labute approximate surface area is 196 Å². The maximum Gasteiger partial charge on any atom is 0.246 e. The van der Waals surface area contributed by atoms with Gasteiger partial charge in [0.05, 0.1) is 13.2 Å². The van der Waals surface area contributed by atoms with E-state index in [4.69, 9.17) is 4.74 Å². The van der Waals surface area contributed by atoms with Gasteiger partial charge >= 0.3 is 0 Å². The lowest BCUT2D eigenvalue weighted by molar-refractivity contribution is -0.114. The smallest absolute Gasteiger partial charge is 0.246 e. The van der Waals surface area contributed by atoms with Crippen molar-refractivity contribution < 1.29 is 9.53 Å². The van der Waals surface area contributed by atoms with Gasteiger partial charge in [-0.15, -0.1) is 24.0 Å². The monoisotopic (exact) mass is 522 g/mol. The lowest BCUT2D eigenvalue weighted by atomic mass is 10.1. The second-order valence-corrected chi connectivity index (χ2v) is 7.19. The Hall–Kier alpha value is -2.13. The molecule has 0 aliphatic carbocycles. The number of carbonyl (C=O) groups excluding carboxylic acids is 1. The maximum atomic E-state index is 12.2. The van der Waals surface area contributed by atoms with Crippen LogP contribution in [-0.4, -0.2) is 49.6 Å². The summed E-state index contributed by atoms with van der Waals surface area (Å²) < 4.78 is 5.91. The summed E-state index contributed by atoms with van der Waals surface area (Å²) in [5, 5.41) is 6.17. The van der Waals surface area contributed by atoms with Gasteiger partial charge in [-0.3, -0.25) is 4.79 Å². The van der Waals surface area contributed by atoms with E-state index in [0.717, 1.165) is 44.3 Å². The Kier molecular flexibility index (Phi) is 10.6.